The zero-order valence-electron chi connectivity index (χ0n) is 18.1. The number of aryl methyl sites for hydroxylation is 2. The molecular formula is C26H23ClN2O3. The number of nitrogens with zero attached hydrogens (tertiary/aromatic N) is 1. The van der Waals surface area contributed by atoms with Gasteiger partial charge in [0.25, 0.3) is 5.91 Å². The lowest BCUT2D eigenvalue weighted by atomic mass is 10.1. The van der Waals surface area contributed by atoms with Gasteiger partial charge >= 0.3 is 0 Å². The van der Waals surface area contributed by atoms with Crippen molar-refractivity contribution in [2.24, 2.45) is 0 Å². The van der Waals surface area contributed by atoms with Crippen molar-refractivity contribution in [2.45, 2.75) is 20.5 Å². The molecule has 0 saturated carbocycles. The highest BCUT2D eigenvalue weighted by molar-refractivity contribution is 6.31. The quantitative estimate of drug-likeness (QED) is 0.352. The van der Waals surface area contributed by atoms with Crippen LogP contribution in [0.5, 0.6) is 11.5 Å². The summed E-state index contributed by atoms with van der Waals surface area (Å²) in [6, 6.07) is 20.1. The van der Waals surface area contributed by atoms with Gasteiger partial charge in [0.15, 0.2) is 0 Å². The van der Waals surface area contributed by atoms with Crippen LogP contribution >= 0.6 is 11.6 Å². The number of benzene rings is 3. The standard InChI is InChI=1S/C26H23ClN2O3/c1-17-7-8-19(11-18(17)2)16-32-25-14-24(31-3)10-9-20(25)12-21(15-28)26(30)29-23-6-4-5-22(27)13-23/h4-14H,16H2,1-3H3,(H,29,30)/b21-12+. The number of nitrogens with one attached hydrogen (secondary N) is 1. The molecule has 0 heterocycles. The van der Waals surface area contributed by atoms with E-state index in [9.17, 15) is 10.1 Å². The van der Waals surface area contributed by atoms with Gasteiger partial charge in [-0.1, -0.05) is 35.9 Å². The van der Waals surface area contributed by atoms with Crippen LogP contribution in [0.3, 0.4) is 0 Å². The third-order valence-corrected chi connectivity index (χ3v) is 5.17. The molecule has 0 atom stereocenters. The summed E-state index contributed by atoms with van der Waals surface area (Å²) in [5, 5.41) is 12.7. The molecule has 5 nitrogen and oxygen atoms in total. The molecule has 0 aliphatic heterocycles. The molecule has 0 aliphatic rings. The average Bonchev–Trinajstić information content (AvgIpc) is 2.78. The van der Waals surface area contributed by atoms with Gasteiger partial charge < -0.3 is 14.8 Å². The van der Waals surface area contributed by atoms with E-state index < -0.39 is 5.91 Å². The number of amides is 1. The van der Waals surface area contributed by atoms with Crippen molar-refractivity contribution in [2.75, 3.05) is 12.4 Å². The highest BCUT2D eigenvalue weighted by Gasteiger charge is 2.13. The summed E-state index contributed by atoms with van der Waals surface area (Å²) in [5.41, 5.74) is 4.44. The second-order valence-corrected chi connectivity index (χ2v) is 7.68. The summed E-state index contributed by atoms with van der Waals surface area (Å²) in [4.78, 5) is 12.6. The van der Waals surface area contributed by atoms with Crippen molar-refractivity contribution < 1.29 is 14.3 Å². The summed E-state index contributed by atoms with van der Waals surface area (Å²) >= 11 is 5.97. The summed E-state index contributed by atoms with van der Waals surface area (Å²) in [5.74, 6) is 0.579. The number of hydrogen-bond donors (Lipinski definition) is 1. The number of ether oxygens (including phenoxy) is 2. The van der Waals surface area contributed by atoms with Gasteiger partial charge in [-0.15, -0.1) is 0 Å². The van der Waals surface area contributed by atoms with E-state index in [0.29, 0.717) is 34.4 Å². The smallest absolute Gasteiger partial charge is 0.266 e. The molecule has 32 heavy (non-hydrogen) atoms. The van der Waals surface area contributed by atoms with E-state index >= 15 is 0 Å². The second kappa shape index (κ2) is 10.5. The molecule has 0 aliphatic carbocycles. The van der Waals surface area contributed by atoms with Crippen LogP contribution < -0.4 is 14.8 Å². The fourth-order valence-electron chi connectivity index (χ4n) is 3.01. The van der Waals surface area contributed by atoms with Gasteiger partial charge in [-0.05, 0) is 66.9 Å². The number of hydrogen-bond acceptors (Lipinski definition) is 4. The molecular weight excluding hydrogens is 424 g/mol. The fourth-order valence-corrected chi connectivity index (χ4v) is 3.20. The van der Waals surface area contributed by atoms with Gasteiger partial charge in [0.1, 0.15) is 29.7 Å². The molecule has 0 spiro atoms. The second-order valence-electron chi connectivity index (χ2n) is 7.25. The monoisotopic (exact) mass is 446 g/mol. The third kappa shape index (κ3) is 5.90. The van der Waals surface area contributed by atoms with E-state index in [0.717, 1.165) is 5.56 Å². The SMILES string of the molecule is COc1ccc(/C=C(\C#N)C(=O)Nc2cccc(Cl)c2)c(OCc2ccc(C)c(C)c2)c1. The number of carbonyl (C=O) groups excluding carboxylic acids is 1. The Bertz CT molecular complexity index is 1210. The maximum absolute atomic E-state index is 12.6. The van der Waals surface area contributed by atoms with Crippen LogP contribution in [0.2, 0.25) is 5.02 Å². The molecule has 1 amide bonds. The van der Waals surface area contributed by atoms with Gasteiger partial charge in [-0.2, -0.15) is 5.26 Å². The first-order valence-electron chi connectivity index (χ1n) is 9.95. The van der Waals surface area contributed by atoms with Gasteiger partial charge in [0.2, 0.25) is 0 Å². The molecule has 6 heteroatoms. The van der Waals surface area contributed by atoms with E-state index in [-0.39, 0.29) is 5.57 Å². The summed E-state index contributed by atoms with van der Waals surface area (Å²) < 4.78 is 11.3. The van der Waals surface area contributed by atoms with E-state index in [2.05, 4.69) is 25.2 Å². The molecule has 3 aromatic carbocycles. The lowest BCUT2D eigenvalue weighted by molar-refractivity contribution is -0.112. The topological polar surface area (TPSA) is 71.3 Å². The number of anilines is 1. The summed E-state index contributed by atoms with van der Waals surface area (Å²) in [7, 11) is 1.57. The zero-order valence-corrected chi connectivity index (χ0v) is 18.9. The largest absolute Gasteiger partial charge is 0.497 e. The predicted molar refractivity (Wildman–Crippen MR) is 127 cm³/mol. The highest BCUT2D eigenvalue weighted by atomic mass is 35.5. The van der Waals surface area contributed by atoms with Gasteiger partial charge in [0, 0.05) is 22.3 Å². The summed E-state index contributed by atoms with van der Waals surface area (Å²) in [6.07, 6.45) is 1.50. The van der Waals surface area contributed by atoms with Gasteiger partial charge in [0.05, 0.1) is 7.11 Å². The maximum Gasteiger partial charge on any atom is 0.266 e. The third-order valence-electron chi connectivity index (χ3n) is 4.93. The van der Waals surface area contributed by atoms with Crippen molar-refractivity contribution in [1.82, 2.24) is 0 Å². The first-order chi connectivity index (χ1) is 15.4. The fraction of sp³-hybridized carbons (Fsp3) is 0.154. The van der Waals surface area contributed by atoms with E-state index in [1.165, 1.54) is 17.2 Å². The molecule has 0 aromatic heterocycles. The predicted octanol–water partition coefficient (Wildman–Crippen LogP) is 6.09. The minimum atomic E-state index is -0.536. The highest BCUT2D eigenvalue weighted by Crippen LogP contribution is 2.28. The molecule has 3 rings (SSSR count). The van der Waals surface area contributed by atoms with Crippen molar-refractivity contribution in [3.8, 4) is 17.6 Å². The molecule has 3 aromatic rings. The zero-order chi connectivity index (χ0) is 23.1. The number of halogens is 1. The molecule has 0 fully saturated rings. The van der Waals surface area contributed by atoms with Crippen LogP contribution in [0.1, 0.15) is 22.3 Å². The van der Waals surface area contributed by atoms with Crippen molar-refractivity contribution in [1.29, 1.82) is 5.26 Å². The van der Waals surface area contributed by atoms with Crippen LogP contribution in [-0.4, -0.2) is 13.0 Å². The minimum Gasteiger partial charge on any atom is -0.497 e. The Labute approximate surface area is 192 Å². The maximum atomic E-state index is 12.6. The van der Waals surface area contributed by atoms with Crippen LogP contribution in [0, 0.1) is 25.2 Å². The molecule has 162 valence electrons. The lowest BCUT2D eigenvalue weighted by Gasteiger charge is -2.13. The van der Waals surface area contributed by atoms with E-state index in [4.69, 9.17) is 21.1 Å². The Hall–Kier alpha value is -3.75. The van der Waals surface area contributed by atoms with Gasteiger partial charge in [-0.25, -0.2) is 0 Å². The van der Waals surface area contributed by atoms with Crippen molar-refractivity contribution in [3.05, 3.63) is 93.5 Å². The molecule has 0 radical (unpaired) electrons. The normalized spacial score (nSPS) is 10.9. The number of rotatable bonds is 7. The Morgan fingerprint density at radius 3 is 2.59 bits per heavy atom. The average molecular weight is 447 g/mol. The minimum absolute atomic E-state index is 0.0637. The molecule has 0 unspecified atom stereocenters. The van der Waals surface area contributed by atoms with Crippen LogP contribution in [-0.2, 0) is 11.4 Å². The number of methoxy groups -OCH3 is 1. The first-order valence-corrected chi connectivity index (χ1v) is 10.3. The first kappa shape index (κ1) is 22.9. The number of nitriles is 1. The van der Waals surface area contributed by atoms with Crippen molar-refractivity contribution >= 4 is 29.3 Å². The Morgan fingerprint density at radius 2 is 1.91 bits per heavy atom. The van der Waals surface area contributed by atoms with Crippen LogP contribution in [0.15, 0.2) is 66.2 Å². The van der Waals surface area contributed by atoms with Crippen LogP contribution in [0.4, 0.5) is 5.69 Å². The van der Waals surface area contributed by atoms with E-state index in [1.807, 2.05) is 18.2 Å². The van der Waals surface area contributed by atoms with Crippen molar-refractivity contribution in [3.63, 3.8) is 0 Å². The Balaban J connectivity index is 1.86. The van der Waals surface area contributed by atoms with Gasteiger partial charge in [-0.3, -0.25) is 4.79 Å². The van der Waals surface area contributed by atoms with E-state index in [1.54, 1.807) is 49.6 Å². The summed E-state index contributed by atoms with van der Waals surface area (Å²) in [6.45, 7) is 4.45. The Kier molecular flexibility index (Phi) is 7.54. The van der Waals surface area contributed by atoms with Crippen LogP contribution in [0.25, 0.3) is 6.08 Å². The lowest BCUT2D eigenvalue weighted by Crippen LogP contribution is -2.13. The Morgan fingerprint density at radius 1 is 1.09 bits per heavy atom. The molecule has 0 saturated heterocycles. The number of carbonyl (C=O) groups is 1. The molecule has 0 bridgehead atoms. The molecule has 1 N–H and O–H groups in total.